The lowest BCUT2D eigenvalue weighted by atomic mass is 10.0. The van der Waals surface area contributed by atoms with Crippen molar-refractivity contribution in [3.8, 4) is 5.69 Å². The van der Waals surface area contributed by atoms with Crippen molar-refractivity contribution in [2.45, 2.75) is 13.3 Å². The van der Waals surface area contributed by atoms with E-state index in [9.17, 15) is 4.79 Å². The van der Waals surface area contributed by atoms with E-state index in [0.717, 1.165) is 38.6 Å². The monoisotopic (exact) mass is 383 g/mol. The fraction of sp³-hybridized carbons (Fsp3) is 0.0909. The number of fused-ring (bicyclic) bond motifs is 3. The summed E-state index contributed by atoms with van der Waals surface area (Å²) in [6.45, 7) is 1.96. The number of amides is 1. The number of carbonyl (C=O) groups excluding carboxylic acids is 1. The summed E-state index contributed by atoms with van der Waals surface area (Å²) in [6, 6.07) is 17.7. The summed E-state index contributed by atoms with van der Waals surface area (Å²) in [6.07, 6.45) is 3.41. The quantitative estimate of drug-likeness (QED) is 0.506. The summed E-state index contributed by atoms with van der Waals surface area (Å²) in [4.78, 5) is 12.7. The van der Waals surface area contributed by atoms with E-state index in [-0.39, 0.29) is 12.3 Å². The van der Waals surface area contributed by atoms with E-state index in [0.29, 0.717) is 5.69 Å². The summed E-state index contributed by atoms with van der Waals surface area (Å²) in [7, 11) is 0. The van der Waals surface area contributed by atoms with Crippen molar-refractivity contribution < 1.29 is 9.21 Å². The molecule has 1 amide bonds. The first-order valence-electron chi connectivity index (χ1n) is 9.21. The zero-order valence-electron chi connectivity index (χ0n) is 15.7. The number of aryl methyl sites for hydroxylation is 1. The van der Waals surface area contributed by atoms with Gasteiger partial charge in [0.15, 0.2) is 0 Å². The maximum absolute atomic E-state index is 12.7. The molecule has 0 saturated carbocycles. The highest BCUT2D eigenvalue weighted by molar-refractivity contribution is 6.09. The fourth-order valence-electron chi connectivity index (χ4n) is 3.59. The van der Waals surface area contributed by atoms with E-state index in [1.54, 1.807) is 10.9 Å². The first-order valence-corrected chi connectivity index (χ1v) is 9.21. The minimum Gasteiger partial charge on any atom is -0.464 e. The van der Waals surface area contributed by atoms with E-state index in [4.69, 9.17) is 4.42 Å². The molecule has 0 aliphatic carbocycles. The molecule has 5 aromatic rings. The van der Waals surface area contributed by atoms with Crippen LogP contribution >= 0.6 is 0 Å². The number of nitrogens with one attached hydrogen (secondary N) is 1. The van der Waals surface area contributed by atoms with Crippen LogP contribution in [0.2, 0.25) is 0 Å². The fourth-order valence-corrected chi connectivity index (χ4v) is 3.59. The molecule has 142 valence electrons. The van der Waals surface area contributed by atoms with Gasteiger partial charge >= 0.3 is 0 Å². The normalized spacial score (nSPS) is 11.2. The molecule has 7 nitrogen and oxygen atoms in total. The predicted molar refractivity (Wildman–Crippen MR) is 110 cm³/mol. The lowest BCUT2D eigenvalue weighted by Gasteiger charge is -2.09. The first kappa shape index (κ1) is 17.1. The molecular formula is C22H17N5O2. The number of furan rings is 1. The Morgan fingerprint density at radius 2 is 2.03 bits per heavy atom. The van der Waals surface area contributed by atoms with Gasteiger partial charge in [0.2, 0.25) is 5.91 Å². The summed E-state index contributed by atoms with van der Waals surface area (Å²) in [5.41, 5.74) is 4.14. The van der Waals surface area contributed by atoms with E-state index >= 15 is 0 Å². The largest absolute Gasteiger partial charge is 0.464 e. The number of tetrazole rings is 1. The van der Waals surface area contributed by atoms with Crippen molar-refractivity contribution in [3.05, 3.63) is 78.3 Å². The molecule has 7 heteroatoms. The molecule has 0 aliphatic heterocycles. The first-order chi connectivity index (χ1) is 14.2. The highest BCUT2D eigenvalue weighted by atomic mass is 16.3. The van der Waals surface area contributed by atoms with Gasteiger partial charge in [0.1, 0.15) is 11.9 Å². The van der Waals surface area contributed by atoms with Gasteiger partial charge in [0.05, 0.1) is 18.4 Å². The van der Waals surface area contributed by atoms with E-state index < -0.39 is 0 Å². The Labute approximate surface area is 165 Å². The predicted octanol–water partition coefficient (Wildman–Crippen LogP) is 4.05. The third kappa shape index (κ3) is 3.12. The van der Waals surface area contributed by atoms with Crippen molar-refractivity contribution in [1.29, 1.82) is 0 Å². The van der Waals surface area contributed by atoms with Crippen LogP contribution in [0, 0.1) is 6.92 Å². The Kier molecular flexibility index (Phi) is 4.05. The molecule has 29 heavy (non-hydrogen) atoms. The molecule has 0 aliphatic rings. The smallest absolute Gasteiger partial charge is 0.228 e. The number of rotatable bonds is 4. The van der Waals surface area contributed by atoms with Crippen LogP contribution in [0.1, 0.15) is 11.1 Å². The van der Waals surface area contributed by atoms with Gasteiger partial charge in [-0.05, 0) is 51.9 Å². The van der Waals surface area contributed by atoms with Crippen LogP contribution in [-0.2, 0) is 11.2 Å². The molecule has 0 spiro atoms. The molecule has 0 unspecified atom stereocenters. The molecule has 0 bridgehead atoms. The second-order valence-corrected chi connectivity index (χ2v) is 6.90. The van der Waals surface area contributed by atoms with E-state index in [2.05, 4.69) is 26.9 Å². The van der Waals surface area contributed by atoms with Crippen LogP contribution in [0.4, 0.5) is 5.69 Å². The zero-order valence-corrected chi connectivity index (χ0v) is 15.7. The number of hydrogen-bond donors (Lipinski definition) is 1. The average molecular weight is 383 g/mol. The number of benzene rings is 3. The Bertz CT molecular complexity index is 1340. The highest BCUT2D eigenvalue weighted by Gasteiger charge is 2.14. The number of aromatic nitrogens is 4. The lowest BCUT2D eigenvalue weighted by molar-refractivity contribution is -0.115. The molecule has 2 heterocycles. The standard InChI is InChI=1S/C22H17N5O2/c1-14-6-8-17(11-19(14)27-13-23-25-26-27)24-21(28)10-16-12-29-20-9-7-15-4-2-3-5-18(15)22(16)20/h2-9,11-13H,10H2,1H3,(H,24,28). The Morgan fingerprint density at radius 1 is 1.14 bits per heavy atom. The number of anilines is 1. The molecule has 1 N–H and O–H groups in total. The zero-order chi connectivity index (χ0) is 19.8. The molecular weight excluding hydrogens is 366 g/mol. The SMILES string of the molecule is Cc1ccc(NC(=O)Cc2coc3ccc4ccccc4c23)cc1-n1cnnn1. The Balaban J connectivity index is 1.43. The molecule has 5 rings (SSSR count). The van der Waals surface area contributed by atoms with Gasteiger partial charge in [-0.3, -0.25) is 4.79 Å². The average Bonchev–Trinajstić information content (AvgIpc) is 3.40. The third-order valence-electron chi connectivity index (χ3n) is 4.98. The minimum absolute atomic E-state index is 0.118. The summed E-state index contributed by atoms with van der Waals surface area (Å²) in [5.74, 6) is -0.118. The Hall–Kier alpha value is -4.00. The molecule has 0 atom stereocenters. The van der Waals surface area contributed by atoms with Crippen LogP contribution in [0.15, 0.2) is 71.6 Å². The van der Waals surface area contributed by atoms with Gasteiger partial charge in [-0.25, -0.2) is 4.68 Å². The van der Waals surface area contributed by atoms with Crippen LogP contribution in [0.25, 0.3) is 27.4 Å². The Morgan fingerprint density at radius 3 is 2.90 bits per heavy atom. The van der Waals surface area contributed by atoms with Crippen LogP contribution in [-0.4, -0.2) is 26.1 Å². The summed E-state index contributed by atoms with van der Waals surface area (Å²) >= 11 is 0. The number of carbonyl (C=O) groups is 1. The van der Waals surface area contributed by atoms with Crippen molar-refractivity contribution in [2.24, 2.45) is 0 Å². The molecule has 3 aromatic carbocycles. The lowest BCUT2D eigenvalue weighted by Crippen LogP contribution is -2.14. The van der Waals surface area contributed by atoms with Gasteiger partial charge in [0, 0.05) is 16.6 Å². The van der Waals surface area contributed by atoms with Crippen molar-refractivity contribution in [2.75, 3.05) is 5.32 Å². The third-order valence-corrected chi connectivity index (χ3v) is 4.98. The number of hydrogen-bond acceptors (Lipinski definition) is 5. The van der Waals surface area contributed by atoms with Crippen molar-refractivity contribution in [1.82, 2.24) is 20.2 Å². The summed E-state index contributed by atoms with van der Waals surface area (Å²) in [5, 5.41) is 17.4. The van der Waals surface area contributed by atoms with Crippen LogP contribution in [0.5, 0.6) is 0 Å². The van der Waals surface area contributed by atoms with Gasteiger partial charge in [0.25, 0.3) is 0 Å². The summed E-state index contributed by atoms with van der Waals surface area (Å²) < 4.78 is 7.26. The van der Waals surface area contributed by atoms with Crippen LogP contribution < -0.4 is 5.32 Å². The van der Waals surface area contributed by atoms with Gasteiger partial charge in [-0.15, -0.1) is 5.10 Å². The van der Waals surface area contributed by atoms with Crippen molar-refractivity contribution >= 4 is 33.3 Å². The van der Waals surface area contributed by atoms with E-state index in [1.807, 2.05) is 55.5 Å². The van der Waals surface area contributed by atoms with Gasteiger partial charge in [-0.2, -0.15) is 0 Å². The molecule has 0 fully saturated rings. The second kappa shape index (κ2) is 6.87. The number of nitrogens with zero attached hydrogens (tertiary/aromatic N) is 4. The van der Waals surface area contributed by atoms with Crippen LogP contribution in [0.3, 0.4) is 0 Å². The van der Waals surface area contributed by atoms with Crippen molar-refractivity contribution in [3.63, 3.8) is 0 Å². The minimum atomic E-state index is -0.118. The maximum Gasteiger partial charge on any atom is 0.228 e. The molecule has 0 saturated heterocycles. The van der Waals surface area contributed by atoms with Gasteiger partial charge in [-0.1, -0.05) is 36.4 Å². The molecule has 2 aromatic heterocycles. The molecule has 0 radical (unpaired) electrons. The van der Waals surface area contributed by atoms with E-state index in [1.165, 1.54) is 6.33 Å². The van der Waals surface area contributed by atoms with Gasteiger partial charge < -0.3 is 9.73 Å². The topological polar surface area (TPSA) is 85.8 Å². The maximum atomic E-state index is 12.7. The second-order valence-electron chi connectivity index (χ2n) is 6.90. The highest BCUT2D eigenvalue weighted by Crippen LogP contribution is 2.30.